The largest absolute Gasteiger partial charge is 0.494 e. The van der Waals surface area contributed by atoms with E-state index in [1.165, 1.54) is 31.4 Å². The molecule has 2 nitrogen and oxygen atoms in total. The summed E-state index contributed by atoms with van der Waals surface area (Å²) in [7, 11) is 1.52. The van der Waals surface area contributed by atoms with E-state index in [1.54, 1.807) is 18.2 Å². The van der Waals surface area contributed by atoms with E-state index in [0.29, 0.717) is 11.7 Å². The molecule has 1 aliphatic rings. The molecule has 0 aromatic heterocycles. The van der Waals surface area contributed by atoms with Crippen molar-refractivity contribution >= 4 is 5.69 Å². The highest BCUT2D eigenvalue weighted by Crippen LogP contribution is 2.44. The van der Waals surface area contributed by atoms with E-state index in [9.17, 15) is 8.78 Å². The van der Waals surface area contributed by atoms with Gasteiger partial charge in [0.2, 0.25) is 0 Å². The molecule has 1 aliphatic carbocycles. The fraction of sp³-hybridized carbons (Fsp3) is 0.294. The zero-order valence-corrected chi connectivity index (χ0v) is 11.8. The summed E-state index contributed by atoms with van der Waals surface area (Å²) >= 11 is 0. The van der Waals surface area contributed by atoms with Gasteiger partial charge in [-0.1, -0.05) is 12.1 Å². The Bertz CT molecular complexity index is 623. The van der Waals surface area contributed by atoms with Crippen molar-refractivity contribution in [2.24, 2.45) is 5.92 Å². The number of hydrogen-bond acceptors (Lipinski definition) is 2. The fourth-order valence-electron chi connectivity index (χ4n) is 2.52. The van der Waals surface area contributed by atoms with Crippen molar-refractivity contribution in [3.05, 3.63) is 59.7 Å². The molecule has 0 aliphatic heterocycles. The molecule has 110 valence electrons. The number of benzene rings is 2. The van der Waals surface area contributed by atoms with E-state index in [0.717, 1.165) is 24.1 Å². The van der Waals surface area contributed by atoms with Crippen LogP contribution in [-0.4, -0.2) is 7.11 Å². The molecular weight excluding hydrogens is 272 g/mol. The predicted octanol–water partition coefficient (Wildman–Crippen LogP) is 4.54. The summed E-state index contributed by atoms with van der Waals surface area (Å²) in [6.45, 7) is 0. The fourth-order valence-corrected chi connectivity index (χ4v) is 2.52. The molecule has 1 saturated carbocycles. The molecule has 0 heterocycles. The quantitative estimate of drug-likeness (QED) is 0.872. The monoisotopic (exact) mass is 289 g/mol. The van der Waals surface area contributed by atoms with Gasteiger partial charge in [-0.2, -0.15) is 0 Å². The third-order valence-corrected chi connectivity index (χ3v) is 3.80. The molecule has 21 heavy (non-hydrogen) atoms. The summed E-state index contributed by atoms with van der Waals surface area (Å²) < 4.78 is 31.6. The Morgan fingerprint density at radius 1 is 1.05 bits per heavy atom. The SMILES string of the molecule is COc1cc(F)ccc1NC(c1ccc(F)cc1)C1CC1. The molecule has 0 bridgehead atoms. The number of anilines is 1. The van der Waals surface area contributed by atoms with Gasteiger partial charge in [0.1, 0.15) is 17.4 Å². The van der Waals surface area contributed by atoms with Gasteiger partial charge < -0.3 is 10.1 Å². The van der Waals surface area contributed by atoms with Gasteiger partial charge in [0, 0.05) is 6.07 Å². The lowest BCUT2D eigenvalue weighted by atomic mass is 10.0. The minimum atomic E-state index is -0.331. The van der Waals surface area contributed by atoms with Crippen LogP contribution in [0.2, 0.25) is 0 Å². The van der Waals surface area contributed by atoms with E-state index >= 15 is 0 Å². The van der Waals surface area contributed by atoms with Crippen molar-refractivity contribution in [3.8, 4) is 5.75 Å². The smallest absolute Gasteiger partial charge is 0.144 e. The lowest BCUT2D eigenvalue weighted by Crippen LogP contribution is -2.13. The molecule has 1 N–H and O–H groups in total. The molecular formula is C17H17F2NO. The van der Waals surface area contributed by atoms with E-state index in [2.05, 4.69) is 5.32 Å². The topological polar surface area (TPSA) is 21.3 Å². The first-order chi connectivity index (χ1) is 10.2. The maximum absolute atomic E-state index is 13.3. The lowest BCUT2D eigenvalue weighted by molar-refractivity contribution is 0.412. The number of nitrogens with one attached hydrogen (secondary N) is 1. The Balaban J connectivity index is 1.87. The van der Waals surface area contributed by atoms with Crippen molar-refractivity contribution in [2.75, 3.05) is 12.4 Å². The maximum Gasteiger partial charge on any atom is 0.144 e. The van der Waals surface area contributed by atoms with Crippen molar-refractivity contribution < 1.29 is 13.5 Å². The molecule has 4 heteroatoms. The van der Waals surface area contributed by atoms with Gasteiger partial charge in [0.25, 0.3) is 0 Å². The second-order valence-corrected chi connectivity index (χ2v) is 5.36. The van der Waals surface area contributed by atoms with Crippen LogP contribution in [0, 0.1) is 17.6 Å². The van der Waals surface area contributed by atoms with Crippen LogP contribution in [-0.2, 0) is 0 Å². The molecule has 0 saturated heterocycles. The molecule has 1 unspecified atom stereocenters. The Labute approximate surface area is 122 Å². The first kappa shape index (κ1) is 13.9. The minimum absolute atomic E-state index is 0.0879. The van der Waals surface area contributed by atoms with Gasteiger partial charge >= 0.3 is 0 Å². The van der Waals surface area contributed by atoms with Crippen LogP contribution in [0.25, 0.3) is 0 Å². The van der Waals surface area contributed by atoms with Crippen LogP contribution in [0.1, 0.15) is 24.4 Å². The second-order valence-electron chi connectivity index (χ2n) is 5.36. The van der Waals surface area contributed by atoms with Crippen LogP contribution in [0.5, 0.6) is 5.75 Å². The number of methoxy groups -OCH3 is 1. The summed E-state index contributed by atoms with van der Waals surface area (Å²) in [5.74, 6) is 0.419. The third kappa shape index (κ3) is 3.15. The van der Waals surface area contributed by atoms with E-state index in [1.807, 2.05) is 0 Å². The summed E-state index contributed by atoms with van der Waals surface area (Å²) in [5.41, 5.74) is 1.78. The second kappa shape index (κ2) is 5.72. The van der Waals surface area contributed by atoms with Crippen LogP contribution in [0.15, 0.2) is 42.5 Å². The Morgan fingerprint density at radius 3 is 2.33 bits per heavy atom. The first-order valence-corrected chi connectivity index (χ1v) is 7.03. The highest BCUT2D eigenvalue weighted by atomic mass is 19.1. The zero-order valence-electron chi connectivity index (χ0n) is 11.8. The van der Waals surface area contributed by atoms with Crippen LogP contribution in [0.3, 0.4) is 0 Å². The van der Waals surface area contributed by atoms with Gasteiger partial charge in [-0.25, -0.2) is 8.78 Å². The normalized spacial score (nSPS) is 15.6. The summed E-state index contributed by atoms with van der Waals surface area (Å²) in [6.07, 6.45) is 2.27. The number of rotatable bonds is 5. The molecule has 3 rings (SSSR count). The van der Waals surface area contributed by atoms with Crippen LogP contribution in [0.4, 0.5) is 14.5 Å². The maximum atomic E-state index is 13.3. The number of ether oxygens (including phenoxy) is 1. The molecule has 1 fully saturated rings. The standard InChI is InChI=1S/C17H17F2NO/c1-21-16-10-14(19)8-9-15(16)20-17(11-2-3-11)12-4-6-13(18)7-5-12/h4-11,17,20H,2-3H2,1H3. The highest BCUT2D eigenvalue weighted by Gasteiger charge is 2.32. The molecule has 1 atom stereocenters. The van der Waals surface area contributed by atoms with E-state index in [4.69, 9.17) is 4.74 Å². The summed E-state index contributed by atoms with van der Waals surface area (Å²) in [5, 5.41) is 3.41. The van der Waals surface area contributed by atoms with Gasteiger partial charge in [-0.15, -0.1) is 0 Å². The van der Waals surface area contributed by atoms with Crippen LogP contribution < -0.4 is 10.1 Å². The number of halogens is 2. The summed E-state index contributed by atoms with van der Waals surface area (Å²) in [6, 6.07) is 11.0. The minimum Gasteiger partial charge on any atom is -0.494 e. The zero-order chi connectivity index (χ0) is 14.8. The van der Waals surface area contributed by atoms with Crippen molar-refractivity contribution in [1.82, 2.24) is 0 Å². The molecule has 2 aromatic rings. The molecule has 2 aromatic carbocycles. The predicted molar refractivity (Wildman–Crippen MR) is 78.4 cm³/mol. The third-order valence-electron chi connectivity index (χ3n) is 3.80. The van der Waals surface area contributed by atoms with E-state index < -0.39 is 0 Å². The molecule has 0 radical (unpaired) electrons. The van der Waals surface area contributed by atoms with Gasteiger partial charge in [-0.3, -0.25) is 0 Å². The van der Waals surface area contributed by atoms with Gasteiger partial charge in [0.05, 0.1) is 18.8 Å². The number of hydrogen-bond donors (Lipinski definition) is 1. The average Bonchev–Trinajstić information content (AvgIpc) is 3.31. The summed E-state index contributed by atoms with van der Waals surface area (Å²) in [4.78, 5) is 0. The highest BCUT2D eigenvalue weighted by molar-refractivity contribution is 5.58. The Kier molecular flexibility index (Phi) is 3.78. The molecule has 0 spiro atoms. The van der Waals surface area contributed by atoms with Crippen molar-refractivity contribution in [1.29, 1.82) is 0 Å². The van der Waals surface area contributed by atoms with Crippen molar-refractivity contribution in [2.45, 2.75) is 18.9 Å². The lowest BCUT2D eigenvalue weighted by Gasteiger charge is -2.21. The van der Waals surface area contributed by atoms with E-state index in [-0.39, 0.29) is 17.7 Å². The first-order valence-electron chi connectivity index (χ1n) is 7.03. The Morgan fingerprint density at radius 2 is 1.71 bits per heavy atom. The Hall–Kier alpha value is -2.10. The van der Waals surface area contributed by atoms with Crippen LogP contribution >= 0.6 is 0 Å². The average molecular weight is 289 g/mol. The molecule has 0 amide bonds. The van der Waals surface area contributed by atoms with Gasteiger partial charge in [-0.05, 0) is 48.6 Å². The van der Waals surface area contributed by atoms with Gasteiger partial charge in [0.15, 0.2) is 0 Å². The van der Waals surface area contributed by atoms with Crippen molar-refractivity contribution in [3.63, 3.8) is 0 Å².